The van der Waals surface area contributed by atoms with Crippen LogP contribution in [0, 0.1) is 6.92 Å². The van der Waals surface area contributed by atoms with Gasteiger partial charge in [-0.25, -0.2) is 4.79 Å². The highest BCUT2D eigenvalue weighted by Gasteiger charge is 2.25. The van der Waals surface area contributed by atoms with Crippen LogP contribution in [-0.4, -0.2) is 17.7 Å². The Labute approximate surface area is 186 Å². The number of carbonyl (C=O) groups excluding carboxylic acids is 2. The Kier molecular flexibility index (Phi) is 6.28. The van der Waals surface area contributed by atoms with Crippen molar-refractivity contribution in [2.45, 2.75) is 31.3 Å². The van der Waals surface area contributed by atoms with Gasteiger partial charge in [0.05, 0.1) is 24.0 Å². The molecule has 0 unspecified atom stereocenters. The summed E-state index contributed by atoms with van der Waals surface area (Å²) in [6, 6.07) is 23.3. The third kappa shape index (κ3) is 5.09. The van der Waals surface area contributed by atoms with Crippen LogP contribution in [-0.2, 0) is 11.3 Å². The van der Waals surface area contributed by atoms with Crippen molar-refractivity contribution >= 4 is 35.1 Å². The minimum absolute atomic E-state index is 0.0670. The van der Waals surface area contributed by atoms with Gasteiger partial charge in [0.25, 0.3) is 0 Å². The molecule has 0 saturated carbocycles. The number of nitrogens with zero attached hydrogens (tertiary/aromatic N) is 1. The van der Waals surface area contributed by atoms with Crippen LogP contribution in [0.25, 0.3) is 0 Å². The second kappa shape index (κ2) is 9.27. The van der Waals surface area contributed by atoms with Crippen LogP contribution in [0.4, 0.5) is 16.2 Å². The van der Waals surface area contributed by atoms with Crippen molar-refractivity contribution in [2.75, 3.05) is 16.0 Å². The Hall–Kier alpha value is -3.25. The van der Waals surface area contributed by atoms with Crippen LogP contribution in [0.3, 0.4) is 0 Å². The SMILES string of the molecule is Cc1ccc(CN2C(=O)CSc3ccc(NC(=O)N[C@H](C)c4ccccc4)cc32)cc1. The molecule has 4 rings (SSSR count). The van der Waals surface area contributed by atoms with Crippen LogP contribution < -0.4 is 15.5 Å². The highest BCUT2D eigenvalue weighted by atomic mass is 32.2. The van der Waals surface area contributed by atoms with Gasteiger partial charge in [-0.05, 0) is 43.2 Å². The Morgan fingerprint density at radius 1 is 1.06 bits per heavy atom. The van der Waals surface area contributed by atoms with E-state index in [4.69, 9.17) is 0 Å². The summed E-state index contributed by atoms with van der Waals surface area (Å²) in [5.74, 6) is 0.484. The molecule has 3 amide bonds. The van der Waals surface area contributed by atoms with Gasteiger partial charge in [0.2, 0.25) is 5.91 Å². The fraction of sp³-hybridized carbons (Fsp3) is 0.200. The van der Waals surface area contributed by atoms with Crippen molar-refractivity contribution in [1.29, 1.82) is 0 Å². The average molecular weight is 432 g/mol. The number of anilines is 2. The Morgan fingerprint density at radius 3 is 2.55 bits per heavy atom. The molecule has 3 aromatic rings. The molecule has 1 aliphatic heterocycles. The molecule has 0 bridgehead atoms. The molecule has 0 radical (unpaired) electrons. The van der Waals surface area contributed by atoms with Gasteiger partial charge >= 0.3 is 6.03 Å². The van der Waals surface area contributed by atoms with Crippen molar-refractivity contribution in [2.24, 2.45) is 0 Å². The molecule has 0 aliphatic carbocycles. The molecule has 0 saturated heterocycles. The lowest BCUT2D eigenvalue weighted by atomic mass is 10.1. The van der Waals surface area contributed by atoms with E-state index in [2.05, 4.69) is 22.8 Å². The molecule has 2 N–H and O–H groups in total. The molecule has 3 aromatic carbocycles. The summed E-state index contributed by atoms with van der Waals surface area (Å²) in [5.41, 5.74) is 4.78. The molecule has 6 heteroatoms. The van der Waals surface area contributed by atoms with E-state index in [0.717, 1.165) is 21.7 Å². The van der Waals surface area contributed by atoms with Gasteiger partial charge in [-0.15, -0.1) is 11.8 Å². The molecule has 1 aliphatic rings. The minimum Gasteiger partial charge on any atom is -0.331 e. The monoisotopic (exact) mass is 431 g/mol. The third-order valence-corrected chi connectivity index (χ3v) is 6.32. The number of hydrogen-bond acceptors (Lipinski definition) is 3. The first kappa shape index (κ1) is 21.0. The third-order valence-electron chi connectivity index (χ3n) is 5.27. The predicted octanol–water partition coefficient (Wildman–Crippen LogP) is 5.52. The first-order valence-corrected chi connectivity index (χ1v) is 11.2. The number of carbonyl (C=O) groups is 2. The van der Waals surface area contributed by atoms with Crippen molar-refractivity contribution in [1.82, 2.24) is 5.32 Å². The van der Waals surface area contributed by atoms with E-state index in [-0.39, 0.29) is 18.0 Å². The number of nitrogens with one attached hydrogen (secondary N) is 2. The highest BCUT2D eigenvalue weighted by molar-refractivity contribution is 8.00. The molecule has 0 spiro atoms. The van der Waals surface area contributed by atoms with Gasteiger partial charge in [0, 0.05) is 10.6 Å². The van der Waals surface area contributed by atoms with Crippen LogP contribution in [0.5, 0.6) is 0 Å². The van der Waals surface area contributed by atoms with E-state index in [9.17, 15) is 9.59 Å². The Bertz CT molecular complexity index is 1080. The first-order chi connectivity index (χ1) is 15.0. The van der Waals surface area contributed by atoms with Crippen LogP contribution in [0.2, 0.25) is 0 Å². The lowest BCUT2D eigenvalue weighted by Gasteiger charge is -2.29. The molecule has 158 valence electrons. The van der Waals surface area contributed by atoms with Gasteiger partial charge in [0.15, 0.2) is 0 Å². The summed E-state index contributed by atoms with van der Waals surface area (Å²) in [7, 11) is 0. The predicted molar refractivity (Wildman–Crippen MR) is 127 cm³/mol. The van der Waals surface area contributed by atoms with Crippen LogP contribution in [0.15, 0.2) is 77.7 Å². The molecule has 0 aromatic heterocycles. The second-order valence-corrected chi connectivity index (χ2v) is 8.68. The van der Waals surface area contributed by atoms with E-state index >= 15 is 0 Å². The maximum absolute atomic E-state index is 12.7. The number of urea groups is 1. The average Bonchev–Trinajstić information content (AvgIpc) is 2.77. The summed E-state index contributed by atoms with van der Waals surface area (Å²) in [5, 5.41) is 5.86. The van der Waals surface area contributed by atoms with Gasteiger partial charge < -0.3 is 15.5 Å². The highest BCUT2D eigenvalue weighted by Crippen LogP contribution is 2.38. The molecule has 5 nitrogen and oxygen atoms in total. The van der Waals surface area contributed by atoms with Crippen molar-refractivity contribution < 1.29 is 9.59 Å². The number of fused-ring (bicyclic) bond motifs is 1. The Balaban J connectivity index is 1.49. The molecular formula is C25H25N3O2S. The number of amides is 3. The van der Waals surface area contributed by atoms with Crippen molar-refractivity contribution in [3.8, 4) is 0 Å². The minimum atomic E-state index is -0.281. The zero-order valence-corrected chi connectivity index (χ0v) is 18.4. The molecule has 31 heavy (non-hydrogen) atoms. The number of hydrogen-bond donors (Lipinski definition) is 2. The number of thioether (sulfide) groups is 1. The van der Waals surface area contributed by atoms with Crippen molar-refractivity contribution in [3.63, 3.8) is 0 Å². The van der Waals surface area contributed by atoms with E-state index < -0.39 is 0 Å². The van der Waals surface area contributed by atoms with Gasteiger partial charge in [-0.1, -0.05) is 60.2 Å². The summed E-state index contributed by atoms with van der Waals surface area (Å²) in [4.78, 5) is 28.0. The normalized spacial score (nSPS) is 14.0. The summed E-state index contributed by atoms with van der Waals surface area (Å²) >= 11 is 1.53. The van der Waals surface area contributed by atoms with E-state index in [1.165, 1.54) is 17.3 Å². The fourth-order valence-corrected chi connectivity index (χ4v) is 4.43. The molecule has 1 atom stereocenters. The number of benzene rings is 3. The van der Waals surface area contributed by atoms with E-state index in [0.29, 0.717) is 18.0 Å². The second-order valence-electron chi connectivity index (χ2n) is 7.67. The van der Waals surface area contributed by atoms with Crippen LogP contribution >= 0.6 is 11.8 Å². The zero-order chi connectivity index (χ0) is 21.8. The Morgan fingerprint density at radius 2 is 1.81 bits per heavy atom. The van der Waals surface area contributed by atoms with Gasteiger partial charge in [0.1, 0.15) is 0 Å². The summed E-state index contributed by atoms with van der Waals surface area (Å²) < 4.78 is 0. The zero-order valence-electron chi connectivity index (χ0n) is 17.6. The number of aryl methyl sites for hydroxylation is 1. The fourth-order valence-electron chi connectivity index (χ4n) is 3.52. The lowest BCUT2D eigenvalue weighted by molar-refractivity contribution is -0.116. The van der Waals surface area contributed by atoms with Gasteiger partial charge in [-0.3, -0.25) is 4.79 Å². The maximum atomic E-state index is 12.7. The lowest BCUT2D eigenvalue weighted by Crippen LogP contribution is -2.35. The standard InChI is InChI=1S/C25H25N3O2S/c1-17-8-10-19(11-9-17)15-28-22-14-21(12-13-23(22)31-16-24(28)29)27-25(30)26-18(2)20-6-4-3-5-7-20/h3-14,18H,15-16H2,1-2H3,(H2,26,27,30)/t18-/m1/s1. The van der Waals surface area contributed by atoms with E-state index in [1.54, 1.807) is 4.90 Å². The quantitative estimate of drug-likeness (QED) is 0.559. The van der Waals surface area contributed by atoms with E-state index in [1.807, 2.05) is 74.5 Å². The largest absolute Gasteiger partial charge is 0.331 e. The maximum Gasteiger partial charge on any atom is 0.319 e. The number of rotatable bonds is 5. The summed E-state index contributed by atoms with van der Waals surface area (Å²) in [6.45, 7) is 4.50. The topological polar surface area (TPSA) is 61.4 Å². The molecular weight excluding hydrogens is 406 g/mol. The smallest absolute Gasteiger partial charge is 0.319 e. The summed E-state index contributed by atoms with van der Waals surface area (Å²) in [6.07, 6.45) is 0. The molecule has 0 fully saturated rings. The van der Waals surface area contributed by atoms with Crippen molar-refractivity contribution in [3.05, 3.63) is 89.5 Å². The van der Waals surface area contributed by atoms with Crippen LogP contribution in [0.1, 0.15) is 29.7 Å². The first-order valence-electron chi connectivity index (χ1n) is 10.2. The molecule has 1 heterocycles. The van der Waals surface area contributed by atoms with Gasteiger partial charge in [-0.2, -0.15) is 0 Å².